The van der Waals surface area contributed by atoms with Crippen molar-refractivity contribution in [2.75, 3.05) is 11.9 Å². The van der Waals surface area contributed by atoms with Gasteiger partial charge in [-0.25, -0.2) is 4.39 Å². The van der Waals surface area contributed by atoms with Gasteiger partial charge in [0, 0.05) is 59.5 Å². The summed E-state index contributed by atoms with van der Waals surface area (Å²) >= 11 is 0. The lowest BCUT2D eigenvalue weighted by Crippen LogP contribution is -2.62. The smallest absolute Gasteiger partial charge is 0.151 e. The van der Waals surface area contributed by atoms with Crippen molar-refractivity contribution in [1.82, 2.24) is 35.5 Å². The number of rotatable bonds is 4. The summed E-state index contributed by atoms with van der Waals surface area (Å²) in [5.41, 5.74) is 3.19. The monoisotopic (exact) mass is 462 g/mol. The number of H-pyrrole nitrogens is 1. The van der Waals surface area contributed by atoms with Gasteiger partial charge < -0.3 is 10.2 Å². The van der Waals surface area contributed by atoms with E-state index < -0.39 is 0 Å². The Balaban J connectivity index is 1.47. The first-order valence-corrected chi connectivity index (χ1v) is 11.5. The first kappa shape index (κ1) is 22.5. The molecule has 2 N–H and O–H groups in total. The standard InChI is InChI=1S/C25H31FN8/c1-24(2)10-16(11-25(3,4)32-24)34(6)21-8-7-20(29-30-21)17-9-19(26)22(15-12-28-33(5)14-15)18-13-27-31-23(17)18/h7-9,12-14,16,32H,10-11H2,1-6H3,(H,27,31). The summed E-state index contributed by atoms with van der Waals surface area (Å²) in [6.45, 7) is 8.96. The first-order chi connectivity index (χ1) is 16.0. The highest BCUT2D eigenvalue weighted by Gasteiger charge is 2.39. The maximum atomic E-state index is 15.3. The van der Waals surface area contributed by atoms with Gasteiger partial charge in [0.25, 0.3) is 0 Å². The van der Waals surface area contributed by atoms with Crippen LogP contribution in [0.25, 0.3) is 33.3 Å². The van der Waals surface area contributed by atoms with Crippen molar-refractivity contribution >= 4 is 16.7 Å². The highest BCUT2D eigenvalue weighted by molar-refractivity contribution is 6.02. The minimum Gasteiger partial charge on any atom is -0.355 e. The molecule has 0 radical (unpaired) electrons. The van der Waals surface area contributed by atoms with Crippen LogP contribution in [0.4, 0.5) is 10.2 Å². The fourth-order valence-corrected chi connectivity index (χ4v) is 5.51. The number of aryl methyl sites for hydroxylation is 1. The second-order valence-corrected chi connectivity index (χ2v) is 10.7. The molecule has 9 heteroatoms. The molecule has 4 aromatic rings. The molecule has 0 unspecified atom stereocenters. The van der Waals surface area contributed by atoms with Crippen molar-refractivity contribution < 1.29 is 4.39 Å². The topological polar surface area (TPSA) is 87.6 Å². The Morgan fingerprint density at radius 2 is 1.82 bits per heavy atom. The first-order valence-electron chi connectivity index (χ1n) is 11.5. The maximum Gasteiger partial charge on any atom is 0.151 e. The second-order valence-electron chi connectivity index (χ2n) is 10.7. The Kier molecular flexibility index (Phi) is 5.20. The number of fused-ring (bicyclic) bond motifs is 1. The molecule has 4 heterocycles. The predicted molar refractivity (Wildman–Crippen MR) is 132 cm³/mol. The van der Waals surface area contributed by atoms with E-state index in [0.29, 0.717) is 33.8 Å². The third-order valence-corrected chi connectivity index (χ3v) is 6.69. The number of benzene rings is 1. The van der Waals surface area contributed by atoms with E-state index in [4.69, 9.17) is 0 Å². The summed E-state index contributed by atoms with van der Waals surface area (Å²) in [6, 6.07) is 5.68. The van der Waals surface area contributed by atoms with Crippen molar-refractivity contribution in [2.24, 2.45) is 7.05 Å². The molecule has 0 atom stereocenters. The third kappa shape index (κ3) is 4.04. The van der Waals surface area contributed by atoms with E-state index >= 15 is 4.39 Å². The van der Waals surface area contributed by atoms with E-state index in [1.165, 1.54) is 6.07 Å². The molecular weight excluding hydrogens is 431 g/mol. The number of aromatic amines is 1. The highest BCUT2D eigenvalue weighted by Crippen LogP contribution is 2.37. The van der Waals surface area contributed by atoms with Gasteiger partial charge in [-0.3, -0.25) is 9.78 Å². The van der Waals surface area contributed by atoms with E-state index in [2.05, 4.69) is 70.5 Å². The van der Waals surface area contributed by atoms with Gasteiger partial charge >= 0.3 is 0 Å². The molecule has 1 aliphatic rings. The zero-order valence-electron chi connectivity index (χ0n) is 20.5. The predicted octanol–water partition coefficient (Wildman–Crippen LogP) is 4.30. The highest BCUT2D eigenvalue weighted by atomic mass is 19.1. The second kappa shape index (κ2) is 7.87. The number of nitrogens with zero attached hydrogens (tertiary/aromatic N) is 6. The van der Waals surface area contributed by atoms with Gasteiger partial charge in [0.15, 0.2) is 5.82 Å². The molecule has 1 aliphatic heterocycles. The Hall–Kier alpha value is -3.33. The minimum atomic E-state index is -0.348. The van der Waals surface area contributed by atoms with Gasteiger partial charge in [-0.05, 0) is 58.7 Å². The number of piperidine rings is 1. The van der Waals surface area contributed by atoms with Crippen LogP contribution in [0, 0.1) is 5.82 Å². The summed E-state index contributed by atoms with van der Waals surface area (Å²) in [5, 5.41) is 24.8. The molecule has 0 saturated carbocycles. The van der Waals surface area contributed by atoms with E-state index in [9.17, 15) is 0 Å². The fraction of sp³-hybridized carbons (Fsp3) is 0.440. The molecule has 34 heavy (non-hydrogen) atoms. The van der Waals surface area contributed by atoms with Crippen LogP contribution in [-0.2, 0) is 7.05 Å². The van der Waals surface area contributed by atoms with Crippen LogP contribution in [0.5, 0.6) is 0 Å². The van der Waals surface area contributed by atoms with Crippen LogP contribution in [0.1, 0.15) is 40.5 Å². The Morgan fingerprint density at radius 1 is 1.09 bits per heavy atom. The average Bonchev–Trinajstić information content (AvgIpc) is 3.40. The molecule has 1 saturated heterocycles. The molecule has 8 nitrogen and oxygen atoms in total. The molecular formula is C25H31FN8. The number of anilines is 1. The van der Waals surface area contributed by atoms with Crippen LogP contribution < -0.4 is 10.2 Å². The van der Waals surface area contributed by atoms with E-state index in [0.717, 1.165) is 24.2 Å². The van der Waals surface area contributed by atoms with Crippen molar-refractivity contribution in [3.05, 3.63) is 42.6 Å². The van der Waals surface area contributed by atoms with Crippen molar-refractivity contribution in [2.45, 2.75) is 57.7 Å². The zero-order chi connectivity index (χ0) is 24.3. The van der Waals surface area contributed by atoms with Gasteiger partial charge in [0.1, 0.15) is 5.82 Å². The van der Waals surface area contributed by atoms with Gasteiger partial charge in [0.2, 0.25) is 0 Å². The lowest BCUT2D eigenvalue weighted by atomic mass is 9.79. The van der Waals surface area contributed by atoms with Crippen LogP contribution in [0.3, 0.4) is 0 Å². The summed E-state index contributed by atoms with van der Waals surface area (Å²) in [5.74, 6) is 0.453. The van der Waals surface area contributed by atoms with Gasteiger partial charge in [-0.2, -0.15) is 10.2 Å². The fourth-order valence-electron chi connectivity index (χ4n) is 5.51. The molecule has 0 amide bonds. The Bertz CT molecular complexity index is 1320. The number of hydrogen-bond donors (Lipinski definition) is 2. The van der Waals surface area contributed by atoms with Crippen molar-refractivity contribution in [1.29, 1.82) is 0 Å². The van der Waals surface area contributed by atoms with E-state index in [-0.39, 0.29) is 16.9 Å². The molecule has 1 aromatic carbocycles. The lowest BCUT2D eigenvalue weighted by Gasteiger charge is -2.49. The van der Waals surface area contributed by atoms with Crippen molar-refractivity contribution in [3.8, 4) is 22.4 Å². The molecule has 1 fully saturated rings. The molecule has 0 aliphatic carbocycles. The van der Waals surface area contributed by atoms with Crippen LogP contribution in [0.15, 0.2) is 36.8 Å². The average molecular weight is 463 g/mol. The van der Waals surface area contributed by atoms with Crippen LogP contribution in [0.2, 0.25) is 0 Å². The SMILES string of the molecule is CN(c1ccc(-c2cc(F)c(-c3cnn(C)c3)c3cn[nH]c23)nn1)C1CC(C)(C)NC(C)(C)C1. The third-order valence-electron chi connectivity index (χ3n) is 6.69. The number of nitrogens with one attached hydrogen (secondary N) is 2. The lowest BCUT2D eigenvalue weighted by molar-refractivity contribution is 0.160. The summed E-state index contributed by atoms with van der Waals surface area (Å²) in [6.07, 6.45) is 7.09. The summed E-state index contributed by atoms with van der Waals surface area (Å²) in [7, 11) is 3.88. The van der Waals surface area contributed by atoms with E-state index in [1.54, 1.807) is 23.3 Å². The summed E-state index contributed by atoms with van der Waals surface area (Å²) in [4.78, 5) is 2.21. The minimum absolute atomic E-state index is 0.0355. The van der Waals surface area contributed by atoms with Gasteiger partial charge in [0.05, 0.1) is 23.6 Å². The molecule has 5 rings (SSSR count). The largest absolute Gasteiger partial charge is 0.355 e. The normalized spacial score (nSPS) is 17.9. The Morgan fingerprint density at radius 3 is 2.44 bits per heavy atom. The molecule has 3 aromatic heterocycles. The molecule has 0 spiro atoms. The van der Waals surface area contributed by atoms with Gasteiger partial charge in [-0.1, -0.05) is 0 Å². The number of halogens is 1. The van der Waals surface area contributed by atoms with Crippen LogP contribution >= 0.6 is 0 Å². The van der Waals surface area contributed by atoms with E-state index in [1.807, 2.05) is 19.2 Å². The maximum absolute atomic E-state index is 15.3. The number of hydrogen-bond acceptors (Lipinski definition) is 6. The van der Waals surface area contributed by atoms with Crippen molar-refractivity contribution in [3.63, 3.8) is 0 Å². The van der Waals surface area contributed by atoms with Gasteiger partial charge in [-0.15, -0.1) is 10.2 Å². The quantitative estimate of drug-likeness (QED) is 0.470. The Labute approximate surface area is 198 Å². The summed E-state index contributed by atoms with van der Waals surface area (Å²) < 4.78 is 16.9. The molecule has 0 bridgehead atoms. The zero-order valence-corrected chi connectivity index (χ0v) is 20.5. The number of aromatic nitrogens is 6. The van der Waals surface area contributed by atoms with Crippen LogP contribution in [-0.4, -0.2) is 54.3 Å². The molecule has 178 valence electrons.